The highest BCUT2D eigenvalue weighted by molar-refractivity contribution is 8.16. The molecule has 0 aromatic heterocycles. The fraction of sp³-hybridized carbons (Fsp3) is 0.400. The summed E-state index contributed by atoms with van der Waals surface area (Å²) in [6, 6.07) is 8.81. The van der Waals surface area contributed by atoms with Crippen molar-refractivity contribution in [3.8, 4) is 0 Å². The van der Waals surface area contributed by atoms with E-state index in [9.17, 15) is 13.2 Å². The first-order valence-corrected chi connectivity index (χ1v) is 9.09. The van der Waals surface area contributed by atoms with Crippen LogP contribution in [-0.2, 0) is 20.2 Å². The zero-order chi connectivity index (χ0) is 16.8. The Balaban J connectivity index is 2.82. The molecule has 0 unspecified atom stereocenters. The molecule has 7 heteroatoms. The molecular formula is C15H20ClNO4S. The number of ether oxygens (including phenoxy) is 1. The Labute approximate surface area is 135 Å². The van der Waals surface area contributed by atoms with Gasteiger partial charge in [-0.25, -0.2) is 13.2 Å². The lowest BCUT2D eigenvalue weighted by Crippen LogP contribution is -2.39. The van der Waals surface area contributed by atoms with Gasteiger partial charge in [-0.3, -0.25) is 0 Å². The van der Waals surface area contributed by atoms with Gasteiger partial charge in [-0.05, 0) is 38.8 Å². The smallest absolute Gasteiger partial charge is 0.408 e. The second-order valence-corrected chi connectivity index (χ2v) is 8.26. The Bertz CT molecular complexity index is 621. The highest BCUT2D eigenvalue weighted by Gasteiger charge is 2.19. The van der Waals surface area contributed by atoms with Crippen LogP contribution in [0.3, 0.4) is 0 Å². The molecule has 5 nitrogen and oxygen atoms in total. The van der Waals surface area contributed by atoms with Gasteiger partial charge in [0.25, 0.3) is 9.05 Å². The van der Waals surface area contributed by atoms with Gasteiger partial charge in [0.1, 0.15) is 5.60 Å². The molecule has 1 amide bonds. The van der Waals surface area contributed by atoms with Gasteiger partial charge in [0.2, 0.25) is 0 Å². The van der Waals surface area contributed by atoms with Crippen molar-refractivity contribution in [2.24, 2.45) is 0 Å². The largest absolute Gasteiger partial charge is 0.444 e. The molecule has 0 saturated heterocycles. The van der Waals surface area contributed by atoms with E-state index in [1.165, 1.54) is 6.08 Å². The monoisotopic (exact) mass is 345 g/mol. The summed E-state index contributed by atoms with van der Waals surface area (Å²) in [5, 5.41) is 3.48. The zero-order valence-electron chi connectivity index (χ0n) is 12.7. The molecule has 0 spiro atoms. The predicted molar refractivity (Wildman–Crippen MR) is 87.2 cm³/mol. The predicted octanol–water partition coefficient (Wildman–Crippen LogP) is 3.20. The summed E-state index contributed by atoms with van der Waals surface area (Å²) in [5.74, 6) is 0. The number of hydrogen-bond acceptors (Lipinski definition) is 4. The van der Waals surface area contributed by atoms with Crippen LogP contribution in [0.1, 0.15) is 26.3 Å². The van der Waals surface area contributed by atoms with Crippen LogP contribution in [-0.4, -0.2) is 26.2 Å². The lowest BCUT2D eigenvalue weighted by molar-refractivity contribution is 0.0514. The summed E-state index contributed by atoms with van der Waals surface area (Å²) in [5.41, 5.74) is 0.309. The van der Waals surface area contributed by atoms with E-state index < -0.39 is 26.8 Å². The standard InChI is InChI=1S/C15H20ClNO4S/c1-15(2,3)21-14(18)17-13(9-10-22(16,19)20)11-12-7-5-4-6-8-12/h4-10,13H,11H2,1-3H3,(H,17,18)/b10-9+/t13-/m0/s1. The Morgan fingerprint density at radius 3 is 2.41 bits per heavy atom. The summed E-state index contributed by atoms with van der Waals surface area (Å²) in [6.45, 7) is 5.24. The first-order chi connectivity index (χ1) is 10.1. The van der Waals surface area contributed by atoms with E-state index in [1.54, 1.807) is 20.8 Å². The van der Waals surface area contributed by atoms with Gasteiger partial charge in [0.15, 0.2) is 0 Å². The molecule has 0 saturated carbocycles. The van der Waals surface area contributed by atoms with Crippen LogP contribution >= 0.6 is 10.7 Å². The van der Waals surface area contributed by atoms with Crippen molar-refractivity contribution in [3.05, 3.63) is 47.4 Å². The van der Waals surface area contributed by atoms with E-state index in [0.717, 1.165) is 11.0 Å². The highest BCUT2D eigenvalue weighted by Crippen LogP contribution is 2.10. The minimum absolute atomic E-state index is 0.420. The molecule has 1 N–H and O–H groups in total. The molecule has 0 bridgehead atoms. The third-order valence-corrected chi connectivity index (χ3v) is 3.26. The molecule has 1 aromatic rings. The van der Waals surface area contributed by atoms with Gasteiger partial charge in [-0.1, -0.05) is 30.3 Å². The number of nitrogens with one attached hydrogen (secondary N) is 1. The minimum Gasteiger partial charge on any atom is -0.444 e. The number of carbonyl (C=O) groups is 1. The number of alkyl carbamates (subject to hydrolysis) is 1. The zero-order valence-corrected chi connectivity index (χ0v) is 14.3. The Kier molecular flexibility index (Phi) is 6.44. The quantitative estimate of drug-likeness (QED) is 0.832. The first-order valence-electron chi connectivity index (χ1n) is 6.71. The van der Waals surface area contributed by atoms with E-state index in [-0.39, 0.29) is 0 Å². The Hall–Kier alpha value is -1.53. The summed E-state index contributed by atoms with van der Waals surface area (Å²) in [7, 11) is 1.38. The number of hydrogen-bond donors (Lipinski definition) is 1. The van der Waals surface area contributed by atoms with Gasteiger partial charge in [0, 0.05) is 16.1 Å². The first kappa shape index (κ1) is 18.5. The van der Waals surface area contributed by atoms with Crippen LogP contribution in [0.25, 0.3) is 0 Å². The molecule has 0 aliphatic rings. The third-order valence-electron chi connectivity index (χ3n) is 2.47. The molecule has 0 aliphatic heterocycles. The number of halogens is 1. The molecule has 122 valence electrons. The average molecular weight is 346 g/mol. The van der Waals surface area contributed by atoms with Crippen molar-refractivity contribution in [2.45, 2.75) is 38.8 Å². The normalized spacial score (nSPS) is 13.8. The second-order valence-electron chi connectivity index (χ2n) is 5.75. The van der Waals surface area contributed by atoms with Crippen LogP contribution in [0, 0.1) is 0 Å². The molecule has 22 heavy (non-hydrogen) atoms. The molecule has 0 heterocycles. The van der Waals surface area contributed by atoms with Gasteiger partial charge in [0.05, 0.1) is 6.04 Å². The number of benzene rings is 1. The molecule has 0 aliphatic carbocycles. The van der Waals surface area contributed by atoms with E-state index in [1.807, 2.05) is 30.3 Å². The number of rotatable bonds is 5. The Morgan fingerprint density at radius 1 is 1.32 bits per heavy atom. The van der Waals surface area contributed by atoms with Crippen molar-refractivity contribution >= 4 is 25.8 Å². The van der Waals surface area contributed by atoms with E-state index in [4.69, 9.17) is 15.4 Å². The Morgan fingerprint density at radius 2 is 1.91 bits per heavy atom. The van der Waals surface area contributed by atoms with Crippen molar-refractivity contribution < 1.29 is 17.9 Å². The van der Waals surface area contributed by atoms with E-state index in [2.05, 4.69) is 5.32 Å². The average Bonchev–Trinajstić information content (AvgIpc) is 2.34. The molecular weight excluding hydrogens is 326 g/mol. The number of amides is 1. The van der Waals surface area contributed by atoms with Gasteiger partial charge < -0.3 is 10.1 Å². The fourth-order valence-electron chi connectivity index (χ4n) is 1.68. The lowest BCUT2D eigenvalue weighted by atomic mass is 10.1. The van der Waals surface area contributed by atoms with Crippen molar-refractivity contribution in [2.75, 3.05) is 0 Å². The van der Waals surface area contributed by atoms with E-state index >= 15 is 0 Å². The van der Waals surface area contributed by atoms with Crippen LogP contribution in [0.5, 0.6) is 0 Å². The summed E-state index contributed by atoms with van der Waals surface area (Å²) < 4.78 is 27.2. The SMILES string of the molecule is CC(C)(C)OC(=O)N[C@@H](/C=C/S(=O)(=O)Cl)Cc1ccccc1. The third kappa shape index (κ3) is 8.69. The topological polar surface area (TPSA) is 72.5 Å². The van der Waals surface area contributed by atoms with E-state index in [0.29, 0.717) is 6.42 Å². The number of carbonyl (C=O) groups excluding carboxylic acids is 1. The van der Waals surface area contributed by atoms with Crippen molar-refractivity contribution in [1.29, 1.82) is 0 Å². The van der Waals surface area contributed by atoms with Crippen LogP contribution in [0.2, 0.25) is 0 Å². The minimum atomic E-state index is -3.78. The summed E-state index contributed by atoms with van der Waals surface area (Å²) in [6.07, 6.45) is 1.13. The maximum Gasteiger partial charge on any atom is 0.408 e. The second kappa shape index (κ2) is 7.65. The van der Waals surface area contributed by atoms with Gasteiger partial charge >= 0.3 is 6.09 Å². The van der Waals surface area contributed by atoms with Gasteiger partial charge in [-0.15, -0.1) is 0 Å². The highest BCUT2D eigenvalue weighted by atomic mass is 35.7. The summed E-state index contributed by atoms with van der Waals surface area (Å²) in [4.78, 5) is 11.8. The van der Waals surface area contributed by atoms with Crippen molar-refractivity contribution in [1.82, 2.24) is 5.32 Å². The lowest BCUT2D eigenvalue weighted by Gasteiger charge is -2.22. The van der Waals surface area contributed by atoms with Crippen LogP contribution < -0.4 is 5.32 Å². The maximum absolute atomic E-state index is 11.8. The maximum atomic E-state index is 11.8. The molecule has 1 atom stereocenters. The van der Waals surface area contributed by atoms with Gasteiger partial charge in [-0.2, -0.15) is 0 Å². The van der Waals surface area contributed by atoms with Crippen molar-refractivity contribution in [3.63, 3.8) is 0 Å². The molecule has 1 aromatic carbocycles. The molecule has 0 fully saturated rings. The fourth-order valence-corrected chi connectivity index (χ4v) is 2.24. The summed E-state index contributed by atoms with van der Waals surface area (Å²) >= 11 is 0. The van der Waals surface area contributed by atoms with Crippen LogP contribution in [0.4, 0.5) is 4.79 Å². The molecule has 1 rings (SSSR count). The molecule has 0 radical (unpaired) electrons. The van der Waals surface area contributed by atoms with Crippen LogP contribution in [0.15, 0.2) is 41.8 Å².